The average Bonchev–Trinajstić information content (AvgIpc) is 2.97. The van der Waals surface area contributed by atoms with E-state index in [0.29, 0.717) is 18.4 Å². The number of hydrogen-bond acceptors (Lipinski definition) is 4. The second-order valence-electron chi connectivity index (χ2n) is 5.88. The lowest BCUT2D eigenvalue weighted by Gasteiger charge is -2.22. The van der Waals surface area contributed by atoms with E-state index in [2.05, 4.69) is 15.3 Å². The molecule has 0 aromatic carbocycles. The third-order valence-corrected chi connectivity index (χ3v) is 3.75. The molecule has 2 heterocycles. The van der Waals surface area contributed by atoms with E-state index in [1.165, 1.54) is 6.92 Å². The van der Waals surface area contributed by atoms with Crippen LogP contribution in [0.15, 0.2) is 12.3 Å². The Hall–Kier alpha value is -1.40. The van der Waals surface area contributed by atoms with Crippen molar-refractivity contribution in [1.82, 2.24) is 14.7 Å². The van der Waals surface area contributed by atoms with Crippen LogP contribution in [0.1, 0.15) is 33.2 Å². The van der Waals surface area contributed by atoms with Crippen molar-refractivity contribution in [2.24, 2.45) is 5.92 Å². The Bertz CT molecular complexity index is 458. The number of carbonyl (C=O) groups excluding carboxylic acids is 1. The molecule has 20 heavy (non-hydrogen) atoms. The molecule has 1 aliphatic heterocycles. The first-order chi connectivity index (χ1) is 9.45. The van der Waals surface area contributed by atoms with Gasteiger partial charge in [-0.1, -0.05) is 13.8 Å². The minimum atomic E-state index is -0.277. The number of rotatable bonds is 5. The van der Waals surface area contributed by atoms with Crippen LogP contribution >= 0.6 is 0 Å². The maximum atomic E-state index is 11.0. The summed E-state index contributed by atoms with van der Waals surface area (Å²) in [6, 6.07) is 2.13. The number of anilines is 1. The lowest BCUT2D eigenvalue weighted by Crippen LogP contribution is -2.33. The Labute approximate surface area is 119 Å². The van der Waals surface area contributed by atoms with Gasteiger partial charge in [-0.05, 0) is 12.3 Å². The summed E-state index contributed by atoms with van der Waals surface area (Å²) in [7, 11) is 0. The topological polar surface area (TPSA) is 70.4 Å². The van der Waals surface area contributed by atoms with Gasteiger partial charge < -0.3 is 10.4 Å². The Kier molecular flexibility index (Phi) is 4.77. The summed E-state index contributed by atoms with van der Waals surface area (Å²) in [6.45, 7) is 8.13. The van der Waals surface area contributed by atoms with E-state index in [1.54, 1.807) is 0 Å². The smallest absolute Gasteiger partial charge is 0.222 e. The van der Waals surface area contributed by atoms with Gasteiger partial charge in [0.1, 0.15) is 0 Å². The molecule has 2 N–H and O–H groups in total. The number of aliphatic hydroxyl groups excluding tert-OH is 1. The largest absolute Gasteiger partial charge is 0.392 e. The number of nitrogens with one attached hydrogen (secondary N) is 1. The van der Waals surface area contributed by atoms with Crippen LogP contribution < -0.4 is 5.32 Å². The van der Waals surface area contributed by atoms with Crippen molar-refractivity contribution in [2.75, 3.05) is 25.0 Å². The van der Waals surface area contributed by atoms with Gasteiger partial charge in [-0.3, -0.25) is 14.4 Å². The number of hydrogen-bond donors (Lipinski definition) is 2. The van der Waals surface area contributed by atoms with Crippen molar-refractivity contribution in [3.63, 3.8) is 0 Å². The molecule has 6 heteroatoms. The van der Waals surface area contributed by atoms with Gasteiger partial charge in [0.15, 0.2) is 5.82 Å². The molecule has 112 valence electrons. The van der Waals surface area contributed by atoms with Crippen molar-refractivity contribution in [3.05, 3.63) is 12.3 Å². The quantitative estimate of drug-likeness (QED) is 0.847. The highest BCUT2D eigenvalue weighted by atomic mass is 16.3. The van der Waals surface area contributed by atoms with E-state index >= 15 is 0 Å². The second kappa shape index (κ2) is 6.37. The molecule has 0 aliphatic carbocycles. The number of carbonyl (C=O) groups is 1. The van der Waals surface area contributed by atoms with Crippen LogP contribution in [0.4, 0.5) is 5.82 Å². The molecular weight excluding hydrogens is 256 g/mol. The number of likely N-dealkylation sites (tertiary alicyclic amines) is 1. The summed E-state index contributed by atoms with van der Waals surface area (Å²) >= 11 is 0. The van der Waals surface area contributed by atoms with Gasteiger partial charge in [0.2, 0.25) is 5.91 Å². The monoisotopic (exact) mass is 280 g/mol. The summed E-state index contributed by atoms with van der Waals surface area (Å²) < 4.78 is 1.91. The molecule has 0 spiro atoms. The number of aliphatic hydroxyl groups is 1. The van der Waals surface area contributed by atoms with E-state index in [0.717, 1.165) is 19.5 Å². The molecule has 1 saturated heterocycles. The standard InChI is InChI=1S/C14H24N4O2/c1-10(2)13(20)9-17-6-4-12(8-17)18-7-5-14(16-18)15-11(3)19/h5,7,10,12-13,20H,4,6,8-9H2,1-3H3,(H,15,16,19)/t12-,13-/m1/s1. The van der Waals surface area contributed by atoms with E-state index < -0.39 is 0 Å². The molecule has 1 aliphatic rings. The van der Waals surface area contributed by atoms with Gasteiger partial charge in [0, 0.05) is 38.8 Å². The molecule has 6 nitrogen and oxygen atoms in total. The molecule has 2 rings (SSSR count). The summed E-state index contributed by atoms with van der Waals surface area (Å²) in [4.78, 5) is 13.3. The first kappa shape index (κ1) is 15.0. The van der Waals surface area contributed by atoms with Gasteiger partial charge >= 0.3 is 0 Å². The second-order valence-corrected chi connectivity index (χ2v) is 5.88. The minimum Gasteiger partial charge on any atom is -0.392 e. The lowest BCUT2D eigenvalue weighted by atomic mass is 10.1. The Balaban J connectivity index is 1.89. The van der Waals surface area contributed by atoms with Crippen LogP contribution in [0.2, 0.25) is 0 Å². The molecule has 1 amide bonds. The first-order valence-corrected chi connectivity index (χ1v) is 7.19. The molecular formula is C14H24N4O2. The van der Waals surface area contributed by atoms with Gasteiger partial charge in [-0.15, -0.1) is 0 Å². The summed E-state index contributed by atoms with van der Waals surface area (Å²) in [6.07, 6.45) is 2.64. The SMILES string of the molecule is CC(=O)Nc1ccn([C@@H]2CCN(C[C@@H](O)C(C)C)C2)n1. The highest BCUT2D eigenvalue weighted by Crippen LogP contribution is 2.22. The van der Waals surface area contributed by atoms with Gasteiger partial charge in [-0.2, -0.15) is 5.10 Å². The predicted molar refractivity (Wildman–Crippen MR) is 77.5 cm³/mol. The molecule has 0 unspecified atom stereocenters. The maximum absolute atomic E-state index is 11.0. The van der Waals surface area contributed by atoms with E-state index in [-0.39, 0.29) is 17.9 Å². The average molecular weight is 280 g/mol. The fourth-order valence-electron chi connectivity index (χ4n) is 2.46. The van der Waals surface area contributed by atoms with Crippen LogP contribution in [0, 0.1) is 5.92 Å². The zero-order chi connectivity index (χ0) is 14.7. The summed E-state index contributed by atoms with van der Waals surface area (Å²) in [5.41, 5.74) is 0. The van der Waals surface area contributed by atoms with Gasteiger partial charge in [0.25, 0.3) is 0 Å². The lowest BCUT2D eigenvalue weighted by molar-refractivity contribution is -0.114. The molecule has 2 atom stereocenters. The van der Waals surface area contributed by atoms with E-state index in [9.17, 15) is 9.90 Å². The van der Waals surface area contributed by atoms with Crippen LogP contribution in [-0.2, 0) is 4.79 Å². The maximum Gasteiger partial charge on any atom is 0.222 e. The van der Waals surface area contributed by atoms with Gasteiger partial charge in [-0.25, -0.2) is 0 Å². The van der Waals surface area contributed by atoms with E-state index in [4.69, 9.17) is 0 Å². The Morgan fingerprint density at radius 1 is 1.60 bits per heavy atom. The number of aromatic nitrogens is 2. The molecule has 0 radical (unpaired) electrons. The van der Waals surface area contributed by atoms with Crippen molar-refractivity contribution < 1.29 is 9.90 Å². The molecule has 1 fully saturated rings. The molecule has 1 aromatic rings. The van der Waals surface area contributed by atoms with E-state index in [1.807, 2.05) is 30.8 Å². The van der Waals surface area contributed by atoms with Gasteiger partial charge in [0.05, 0.1) is 12.1 Å². The van der Waals surface area contributed by atoms with Crippen molar-refractivity contribution >= 4 is 11.7 Å². The molecule has 0 bridgehead atoms. The fourth-order valence-corrected chi connectivity index (χ4v) is 2.46. The first-order valence-electron chi connectivity index (χ1n) is 7.19. The van der Waals surface area contributed by atoms with Crippen LogP contribution in [0.5, 0.6) is 0 Å². The zero-order valence-corrected chi connectivity index (χ0v) is 12.4. The Morgan fingerprint density at radius 3 is 3.00 bits per heavy atom. The van der Waals surface area contributed by atoms with Crippen LogP contribution in [-0.4, -0.2) is 51.4 Å². The van der Waals surface area contributed by atoms with Crippen molar-refractivity contribution in [1.29, 1.82) is 0 Å². The normalized spacial score (nSPS) is 21.4. The molecule has 0 saturated carbocycles. The zero-order valence-electron chi connectivity index (χ0n) is 12.4. The molecule has 1 aromatic heterocycles. The highest BCUT2D eigenvalue weighted by Gasteiger charge is 2.26. The predicted octanol–water partition coefficient (Wildman–Crippen LogP) is 1.11. The fraction of sp³-hybridized carbons (Fsp3) is 0.714. The minimum absolute atomic E-state index is 0.108. The number of amides is 1. The van der Waals surface area contributed by atoms with Crippen LogP contribution in [0.25, 0.3) is 0 Å². The van der Waals surface area contributed by atoms with Crippen LogP contribution in [0.3, 0.4) is 0 Å². The Morgan fingerprint density at radius 2 is 2.35 bits per heavy atom. The highest BCUT2D eigenvalue weighted by molar-refractivity contribution is 5.87. The number of nitrogens with zero attached hydrogens (tertiary/aromatic N) is 3. The number of β-amino-alcohol motifs (C(OH)–C–C–N with tert-alkyl or cyclic N) is 1. The third kappa shape index (κ3) is 3.80. The third-order valence-electron chi connectivity index (χ3n) is 3.75. The summed E-state index contributed by atoms with van der Waals surface area (Å²) in [5.74, 6) is 0.770. The summed E-state index contributed by atoms with van der Waals surface area (Å²) in [5, 5.41) is 17.0. The van der Waals surface area contributed by atoms with Crippen molar-refractivity contribution in [2.45, 2.75) is 39.3 Å². The van der Waals surface area contributed by atoms with Crippen molar-refractivity contribution in [3.8, 4) is 0 Å².